The molecule has 0 unspecified atom stereocenters. The van der Waals surface area contributed by atoms with Crippen LogP contribution in [0.25, 0.3) is 11.4 Å². The average Bonchev–Trinajstić information content (AvgIpc) is 2.55. The second-order valence-corrected chi connectivity index (χ2v) is 4.22. The Morgan fingerprint density at radius 2 is 1.76 bits per heavy atom. The molecule has 0 radical (unpaired) electrons. The Hall–Kier alpha value is -3.12. The highest BCUT2D eigenvalue weighted by Gasteiger charge is 2.12. The quantitative estimate of drug-likeness (QED) is 0.842. The molecule has 0 fully saturated rings. The molecular formula is C15H14N6. The van der Waals surface area contributed by atoms with Crippen molar-refractivity contribution in [1.29, 1.82) is 10.5 Å². The molecule has 0 spiro atoms. The van der Waals surface area contributed by atoms with E-state index in [2.05, 4.69) is 15.3 Å². The van der Waals surface area contributed by atoms with Gasteiger partial charge in [-0.1, -0.05) is 30.3 Å². The normalized spacial score (nSPS) is 9.48. The van der Waals surface area contributed by atoms with E-state index in [4.69, 9.17) is 10.5 Å². The first-order valence-corrected chi connectivity index (χ1v) is 6.39. The van der Waals surface area contributed by atoms with Crippen LogP contribution in [0.15, 0.2) is 36.4 Å². The van der Waals surface area contributed by atoms with Crippen molar-refractivity contribution in [1.82, 2.24) is 9.97 Å². The highest BCUT2D eigenvalue weighted by Crippen LogP contribution is 2.22. The standard InChI is InChI=1S/C15H14N6/c1-18-13-11-14(21(9-7-16)10-8-17)20-15(19-13)12-5-3-2-4-6-12/h2-6,11H,9-10H2,1H3,(H,18,19,20). The molecule has 0 atom stereocenters. The number of rotatable bonds is 5. The predicted octanol–water partition coefficient (Wildman–Crippen LogP) is 2.04. The van der Waals surface area contributed by atoms with E-state index in [0.29, 0.717) is 17.5 Å². The van der Waals surface area contributed by atoms with Gasteiger partial charge in [0.2, 0.25) is 0 Å². The maximum Gasteiger partial charge on any atom is 0.163 e. The molecule has 1 aromatic heterocycles. The van der Waals surface area contributed by atoms with Gasteiger partial charge >= 0.3 is 0 Å². The highest BCUT2D eigenvalue weighted by molar-refractivity contribution is 5.62. The van der Waals surface area contributed by atoms with Crippen molar-refractivity contribution in [3.05, 3.63) is 36.4 Å². The highest BCUT2D eigenvalue weighted by atomic mass is 15.2. The summed E-state index contributed by atoms with van der Waals surface area (Å²) in [5, 5.41) is 20.7. The van der Waals surface area contributed by atoms with Crippen LogP contribution in [-0.4, -0.2) is 30.1 Å². The number of hydrogen-bond acceptors (Lipinski definition) is 6. The van der Waals surface area contributed by atoms with Crippen LogP contribution < -0.4 is 10.2 Å². The lowest BCUT2D eigenvalue weighted by Gasteiger charge is -2.18. The number of aromatic nitrogens is 2. The lowest BCUT2D eigenvalue weighted by molar-refractivity contribution is 0.929. The first-order chi connectivity index (χ1) is 10.3. The van der Waals surface area contributed by atoms with Gasteiger partial charge in [-0.05, 0) is 0 Å². The molecule has 0 saturated carbocycles. The van der Waals surface area contributed by atoms with Gasteiger partial charge < -0.3 is 10.2 Å². The number of nitriles is 2. The molecule has 6 heteroatoms. The average molecular weight is 278 g/mol. The van der Waals surface area contributed by atoms with Crippen LogP contribution in [0.2, 0.25) is 0 Å². The largest absolute Gasteiger partial charge is 0.373 e. The lowest BCUT2D eigenvalue weighted by Crippen LogP contribution is -2.25. The number of nitrogens with zero attached hydrogens (tertiary/aromatic N) is 5. The number of nitrogens with one attached hydrogen (secondary N) is 1. The summed E-state index contributed by atoms with van der Waals surface area (Å²) in [5.74, 6) is 1.74. The molecule has 2 aromatic rings. The SMILES string of the molecule is CNc1cc(N(CC#N)CC#N)nc(-c2ccccc2)n1. The van der Waals surface area contributed by atoms with Gasteiger partial charge in [0.25, 0.3) is 0 Å². The maximum atomic E-state index is 8.88. The van der Waals surface area contributed by atoms with Crippen molar-refractivity contribution in [3.8, 4) is 23.5 Å². The molecule has 0 saturated heterocycles. The Morgan fingerprint density at radius 1 is 1.10 bits per heavy atom. The fraction of sp³-hybridized carbons (Fsp3) is 0.200. The van der Waals surface area contributed by atoms with Crippen LogP contribution in [-0.2, 0) is 0 Å². The number of anilines is 2. The first-order valence-electron chi connectivity index (χ1n) is 6.39. The molecule has 1 aromatic carbocycles. The van der Waals surface area contributed by atoms with E-state index in [0.717, 1.165) is 5.56 Å². The molecule has 2 rings (SSSR count). The third-order valence-corrected chi connectivity index (χ3v) is 2.85. The van der Waals surface area contributed by atoms with Crippen molar-refractivity contribution in [2.45, 2.75) is 0 Å². The lowest BCUT2D eigenvalue weighted by atomic mass is 10.2. The molecule has 1 N–H and O–H groups in total. The molecule has 0 aliphatic rings. The zero-order valence-electron chi connectivity index (χ0n) is 11.6. The molecule has 104 valence electrons. The summed E-state index contributed by atoms with van der Waals surface area (Å²) in [7, 11) is 1.76. The fourth-order valence-electron chi connectivity index (χ4n) is 1.83. The minimum Gasteiger partial charge on any atom is -0.373 e. The Bertz CT molecular complexity index is 668. The van der Waals surface area contributed by atoms with E-state index < -0.39 is 0 Å². The Balaban J connectivity index is 2.47. The fourth-order valence-corrected chi connectivity index (χ4v) is 1.83. The zero-order chi connectivity index (χ0) is 15.1. The van der Waals surface area contributed by atoms with Crippen LogP contribution >= 0.6 is 0 Å². The summed E-state index contributed by atoms with van der Waals surface area (Å²) in [6.45, 7) is 0.198. The summed E-state index contributed by atoms with van der Waals surface area (Å²) in [4.78, 5) is 10.5. The van der Waals surface area contributed by atoms with Crippen LogP contribution in [0.4, 0.5) is 11.6 Å². The van der Waals surface area contributed by atoms with E-state index in [1.165, 1.54) is 0 Å². The van der Waals surface area contributed by atoms with Gasteiger partial charge in [0.15, 0.2) is 5.82 Å². The third kappa shape index (κ3) is 3.46. The van der Waals surface area contributed by atoms with Gasteiger partial charge in [-0.2, -0.15) is 10.5 Å². The van der Waals surface area contributed by atoms with Crippen LogP contribution in [0.3, 0.4) is 0 Å². The van der Waals surface area contributed by atoms with E-state index in [9.17, 15) is 0 Å². The molecule has 21 heavy (non-hydrogen) atoms. The molecule has 0 amide bonds. The van der Waals surface area contributed by atoms with Gasteiger partial charge in [0, 0.05) is 18.7 Å². The monoisotopic (exact) mass is 278 g/mol. The van der Waals surface area contributed by atoms with E-state index in [1.54, 1.807) is 18.0 Å². The maximum absolute atomic E-state index is 8.88. The summed E-state index contributed by atoms with van der Waals surface area (Å²) >= 11 is 0. The van der Waals surface area contributed by atoms with E-state index >= 15 is 0 Å². The smallest absolute Gasteiger partial charge is 0.163 e. The zero-order valence-corrected chi connectivity index (χ0v) is 11.6. The van der Waals surface area contributed by atoms with Gasteiger partial charge in [-0.3, -0.25) is 0 Å². The van der Waals surface area contributed by atoms with Crippen molar-refractivity contribution in [2.75, 3.05) is 30.4 Å². The van der Waals surface area contributed by atoms with E-state index in [-0.39, 0.29) is 13.1 Å². The van der Waals surface area contributed by atoms with Crippen molar-refractivity contribution in [3.63, 3.8) is 0 Å². The van der Waals surface area contributed by atoms with Gasteiger partial charge in [0.1, 0.15) is 24.7 Å². The van der Waals surface area contributed by atoms with Crippen LogP contribution in [0, 0.1) is 22.7 Å². The van der Waals surface area contributed by atoms with Crippen molar-refractivity contribution < 1.29 is 0 Å². The topological polar surface area (TPSA) is 88.6 Å². The molecular weight excluding hydrogens is 264 g/mol. The molecule has 0 aliphatic carbocycles. The predicted molar refractivity (Wildman–Crippen MR) is 80.5 cm³/mol. The minimum atomic E-state index is 0.0992. The van der Waals surface area contributed by atoms with Crippen molar-refractivity contribution >= 4 is 11.6 Å². The van der Waals surface area contributed by atoms with Crippen LogP contribution in [0.1, 0.15) is 0 Å². The summed E-state index contributed by atoms with van der Waals surface area (Å²) in [5.41, 5.74) is 0.879. The van der Waals surface area contributed by atoms with E-state index in [1.807, 2.05) is 42.5 Å². The molecule has 0 bridgehead atoms. The Kier molecular flexibility index (Phi) is 4.68. The van der Waals surface area contributed by atoms with Crippen LogP contribution in [0.5, 0.6) is 0 Å². The summed E-state index contributed by atoms with van der Waals surface area (Å²) < 4.78 is 0. The van der Waals surface area contributed by atoms with Gasteiger partial charge in [-0.15, -0.1) is 0 Å². The van der Waals surface area contributed by atoms with Gasteiger partial charge in [0.05, 0.1) is 12.1 Å². The molecule has 6 nitrogen and oxygen atoms in total. The minimum absolute atomic E-state index is 0.0992. The number of hydrogen-bond donors (Lipinski definition) is 1. The Labute approximate surface area is 123 Å². The second-order valence-electron chi connectivity index (χ2n) is 4.22. The molecule has 0 aliphatic heterocycles. The summed E-state index contributed by atoms with van der Waals surface area (Å²) in [6.07, 6.45) is 0. The third-order valence-electron chi connectivity index (χ3n) is 2.85. The van der Waals surface area contributed by atoms with Gasteiger partial charge in [-0.25, -0.2) is 9.97 Å². The number of benzene rings is 1. The molecule has 1 heterocycles. The first kappa shape index (κ1) is 14.3. The summed E-state index contributed by atoms with van der Waals surface area (Å²) in [6, 6.07) is 15.4. The second kappa shape index (κ2) is 6.88. The Morgan fingerprint density at radius 3 is 2.33 bits per heavy atom. The van der Waals surface area contributed by atoms with Crippen molar-refractivity contribution in [2.24, 2.45) is 0 Å².